The van der Waals surface area contributed by atoms with Gasteiger partial charge in [0.1, 0.15) is 17.4 Å². The number of thiazole rings is 1. The molecule has 20 heavy (non-hydrogen) atoms. The molecule has 2 aromatic rings. The van der Waals surface area contributed by atoms with Crippen LogP contribution in [0.15, 0.2) is 18.2 Å². The molecule has 1 aromatic heterocycles. The average Bonchev–Trinajstić information content (AvgIpc) is 3.20. The molecule has 0 radical (unpaired) electrons. The van der Waals surface area contributed by atoms with Crippen LogP contribution in [0.4, 0.5) is 0 Å². The van der Waals surface area contributed by atoms with Crippen molar-refractivity contribution < 1.29 is 4.74 Å². The highest BCUT2D eigenvalue weighted by molar-refractivity contribution is 7.79. The van der Waals surface area contributed by atoms with Gasteiger partial charge >= 0.3 is 0 Å². The summed E-state index contributed by atoms with van der Waals surface area (Å²) in [7, 11) is 0. The highest BCUT2D eigenvalue weighted by Crippen LogP contribution is 2.43. The Morgan fingerprint density at radius 2 is 2.15 bits per heavy atom. The van der Waals surface area contributed by atoms with E-state index in [2.05, 4.69) is 44.7 Å². The summed E-state index contributed by atoms with van der Waals surface area (Å²) in [5.41, 5.74) is 3.66. The molecule has 1 fully saturated rings. The van der Waals surface area contributed by atoms with Crippen molar-refractivity contribution in [2.45, 2.75) is 45.0 Å². The van der Waals surface area contributed by atoms with Crippen molar-refractivity contribution in [1.82, 2.24) is 4.98 Å². The Kier molecular flexibility index (Phi) is 4.03. The molecular formula is C16H19NOS2. The molecule has 2 nitrogen and oxygen atoms in total. The first-order valence-electron chi connectivity index (χ1n) is 6.96. The van der Waals surface area contributed by atoms with Gasteiger partial charge in [0, 0.05) is 16.5 Å². The summed E-state index contributed by atoms with van der Waals surface area (Å²) in [4.78, 5) is 6.07. The lowest BCUT2D eigenvalue weighted by Crippen LogP contribution is -1.97. The SMILES string of the molecule is Cc1ccc(C)c(OCc2nc(C3CC3)c(CS)s2)c1. The summed E-state index contributed by atoms with van der Waals surface area (Å²) in [6, 6.07) is 6.29. The smallest absolute Gasteiger partial charge is 0.140 e. The summed E-state index contributed by atoms with van der Waals surface area (Å²) in [5, 5.41) is 1.07. The van der Waals surface area contributed by atoms with Crippen LogP contribution in [0.2, 0.25) is 0 Å². The van der Waals surface area contributed by atoms with E-state index in [1.54, 1.807) is 11.3 Å². The first kappa shape index (κ1) is 14.0. The minimum atomic E-state index is 0.558. The Morgan fingerprint density at radius 1 is 1.35 bits per heavy atom. The summed E-state index contributed by atoms with van der Waals surface area (Å²) >= 11 is 6.16. The number of benzene rings is 1. The van der Waals surface area contributed by atoms with Crippen molar-refractivity contribution in [3.8, 4) is 5.75 Å². The molecule has 1 heterocycles. The number of aromatic nitrogens is 1. The number of rotatable bonds is 5. The Balaban J connectivity index is 1.73. The highest BCUT2D eigenvalue weighted by atomic mass is 32.1. The van der Waals surface area contributed by atoms with Crippen molar-refractivity contribution in [1.29, 1.82) is 0 Å². The quantitative estimate of drug-likeness (QED) is 0.813. The fourth-order valence-electron chi connectivity index (χ4n) is 2.27. The molecular weight excluding hydrogens is 286 g/mol. The number of thiol groups is 1. The third-order valence-electron chi connectivity index (χ3n) is 3.57. The van der Waals surface area contributed by atoms with E-state index < -0.39 is 0 Å². The van der Waals surface area contributed by atoms with Gasteiger partial charge in [0.15, 0.2) is 0 Å². The third kappa shape index (κ3) is 3.01. The standard InChI is InChI=1S/C16H19NOS2/c1-10-3-4-11(2)13(7-10)18-8-15-17-16(12-5-6-12)14(9-19)20-15/h3-4,7,12,19H,5-6,8-9H2,1-2H3. The second kappa shape index (κ2) is 5.78. The predicted octanol–water partition coefficient (Wildman–Crippen LogP) is 4.65. The molecule has 1 aliphatic rings. The van der Waals surface area contributed by atoms with Crippen LogP contribution in [-0.2, 0) is 12.4 Å². The van der Waals surface area contributed by atoms with Crippen LogP contribution in [0.3, 0.4) is 0 Å². The zero-order valence-corrected chi connectivity index (χ0v) is 13.6. The first-order chi connectivity index (χ1) is 9.67. The van der Waals surface area contributed by atoms with Crippen LogP contribution in [-0.4, -0.2) is 4.98 Å². The fraction of sp³-hybridized carbons (Fsp3) is 0.438. The molecule has 0 atom stereocenters. The van der Waals surface area contributed by atoms with Gasteiger partial charge in [0.2, 0.25) is 0 Å². The molecule has 0 amide bonds. The molecule has 0 saturated heterocycles. The van der Waals surface area contributed by atoms with Crippen LogP contribution in [0, 0.1) is 13.8 Å². The summed E-state index contributed by atoms with van der Waals surface area (Å²) in [6.45, 7) is 4.72. The van der Waals surface area contributed by atoms with Crippen LogP contribution < -0.4 is 4.74 Å². The summed E-state index contributed by atoms with van der Waals surface area (Å²) < 4.78 is 5.94. The minimum Gasteiger partial charge on any atom is -0.486 e. The molecule has 106 valence electrons. The molecule has 0 bridgehead atoms. The first-order valence-corrected chi connectivity index (χ1v) is 8.41. The fourth-order valence-corrected chi connectivity index (χ4v) is 3.55. The van der Waals surface area contributed by atoms with Gasteiger partial charge in [-0.3, -0.25) is 0 Å². The number of nitrogens with zero attached hydrogens (tertiary/aromatic N) is 1. The lowest BCUT2D eigenvalue weighted by molar-refractivity contribution is 0.303. The van der Waals surface area contributed by atoms with E-state index in [4.69, 9.17) is 9.72 Å². The van der Waals surface area contributed by atoms with Gasteiger partial charge in [-0.2, -0.15) is 12.6 Å². The van der Waals surface area contributed by atoms with E-state index in [1.807, 2.05) is 0 Å². The molecule has 0 unspecified atom stereocenters. The third-order valence-corrected chi connectivity index (χ3v) is 5.15. The normalized spacial score (nSPS) is 14.6. The Hall–Kier alpha value is -1.000. The van der Waals surface area contributed by atoms with Gasteiger partial charge < -0.3 is 4.74 Å². The Bertz CT molecular complexity index is 617. The molecule has 1 aromatic carbocycles. The summed E-state index contributed by atoms with van der Waals surface area (Å²) in [5.74, 6) is 2.43. The van der Waals surface area contributed by atoms with Gasteiger partial charge in [0.25, 0.3) is 0 Å². The van der Waals surface area contributed by atoms with E-state index in [1.165, 1.54) is 34.5 Å². The summed E-state index contributed by atoms with van der Waals surface area (Å²) in [6.07, 6.45) is 2.56. The van der Waals surface area contributed by atoms with E-state index >= 15 is 0 Å². The van der Waals surface area contributed by atoms with E-state index in [0.717, 1.165) is 16.5 Å². The molecule has 0 spiro atoms. The Labute approximate surface area is 129 Å². The van der Waals surface area contributed by atoms with Crippen molar-refractivity contribution >= 4 is 24.0 Å². The van der Waals surface area contributed by atoms with E-state index in [0.29, 0.717) is 12.5 Å². The monoisotopic (exact) mass is 305 g/mol. The maximum atomic E-state index is 5.94. The molecule has 0 N–H and O–H groups in total. The maximum absolute atomic E-state index is 5.94. The lowest BCUT2D eigenvalue weighted by Gasteiger charge is -2.08. The number of aryl methyl sites for hydroxylation is 2. The van der Waals surface area contributed by atoms with Crippen LogP contribution in [0.5, 0.6) is 5.75 Å². The highest BCUT2D eigenvalue weighted by Gasteiger charge is 2.29. The molecule has 0 aliphatic heterocycles. The van der Waals surface area contributed by atoms with Gasteiger partial charge in [-0.05, 0) is 43.9 Å². The van der Waals surface area contributed by atoms with Gasteiger partial charge in [-0.1, -0.05) is 12.1 Å². The van der Waals surface area contributed by atoms with E-state index in [-0.39, 0.29) is 0 Å². The van der Waals surface area contributed by atoms with Gasteiger partial charge in [-0.25, -0.2) is 4.98 Å². The van der Waals surface area contributed by atoms with Crippen LogP contribution in [0.1, 0.15) is 45.5 Å². The number of ether oxygens (including phenoxy) is 1. The van der Waals surface area contributed by atoms with Crippen molar-refractivity contribution in [2.24, 2.45) is 0 Å². The molecule has 1 saturated carbocycles. The average molecular weight is 305 g/mol. The van der Waals surface area contributed by atoms with Gasteiger partial charge in [-0.15, -0.1) is 11.3 Å². The largest absolute Gasteiger partial charge is 0.486 e. The maximum Gasteiger partial charge on any atom is 0.140 e. The second-order valence-electron chi connectivity index (χ2n) is 5.41. The number of hydrogen-bond acceptors (Lipinski definition) is 4. The Morgan fingerprint density at radius 3 is 2.85 bits per heavy atom. The van der Waals surface area contributed by atoms with Crippen molar-refractivity contribution in [3.05, 3.63) is 44.9 Å². The van der Waals surface area contributed by atoms with Crippen molar-refractivity contribution in [3.63, 3.8) is 0 Å². The van der Waals surface area contributed by atoms with Crippen LogP contribution in [0.25, 0.3) is 0 Å². The zero-order valence-electron chi connectivity index (χ0n) is 11.8. The second-order valence-corrected chi connectivity index (χ2v) is 6.89. The van der Waals surface area contributed by atoms with Crippen molar-refractivity contribution in [2.75, 3.05) is 0 Å². The molecule has 3 rings (SSSR count). The molecule has 4 heteroatoms. The lowest BCUT2D eigenvalue weighted by atomic mass is 10.1. The minimum absolute atomic E-state index is 0.558. The van der Waals surface area contributed by atoms with Gasteiger partial charge in [0.05, 0.1) is 5.69 Å². The number of hydrogen-bond donors (Lipinski definition) is 1. The zero-order chi connectivity index (χ0) is 14.1. The molecule has 1 aliphatic carbocycles. The van der Waals surface area contributed by atoms with E-state index in [9.17, 15) is 0 Å². The van der Waals surface area contributed by atoms with Crippen LogP contribution >= 0.6 is 24.0 Å². The topological polar surface area (TPSA) is 22.1 Å². The predicted molar refractivity (Wildman–Crippen MR) is 87.0 cm³/mol.